The highest BCUT2D eigenvalue weighted by atomic mass is 32.2. The molecule has 0 unspecified atom stereocenters. The predicted octanol–water partition coefficient (Wildman–Crippen LogP) is 11.6. The van der Waals surface area contributed by atoms with Gasteiger partial charge in [0.1, 0.15) is 12.3 Å². The summed E-state index contributed by atoms with van der Waals surface area (Å²) < 4.78 is 85.3. The molecular weight excluding hydrogens is 953 g/mol. The van der Waals surface area contributed by atoms with E-state index in [2.05, 4.69) is 94.9 Å². The molecule has 0 amide bonds. The van der Waals surface area contributed by atoms with Crippen LogP contribution in [0.5, 0.6) is 5.75 Å². The first-order chi connectivity index (χ1) is 32.4. The fourth-order valence-corrected chi connectivity index (χ4v) is 11.3. The number of ether oxygens (including phenoxy) is 1. The van der Waals surface area contributed by atoms with E-state index in [0.29, 0.717) is 36.8 Å². The summed E-state index contributed by atoms with van der Waals surface area (Å²) in [6.07, 6.45) is 16.5. The molecule has 3 aromatic carbocycles. The molecular formula is C49H63N2O13S4+. The van der Waals surface area contributed by atoms with E-state index in [1.165, 1.54) is 6.07 Å². The number of rotatable bonds is 25. The van der Waals surface area contributed by atoms with Gasteiger partial charge in [0.2, 0.25) is 5.69 Å². The van der Waals surface area contributed by atoms with Crippen molar-refractivity contribution in [3.05, 3.63) is 119 Å². The number of nitrogens with zero attached hydrogens (tertiary/aromatic N) is 2. The Hall–Kier alpha value is -3.83. The molecule has 6 rings (SSSR count). The first kappa shape index (κ1) is 53.5. The van der Waals surface area contributed by atoms with Crippen molar-refractivity contribution in [3.63, 3.8) is 0 Å². The van der Waals surface area contributed by atoms with Crippen molar-refractivity contribution in [3.8, 4) is 5.75 Å². The fraction of sp³-hybridized carbons (Fsp3) is 0.449. The molecule has 19 heteroatoms. The van der Waals surface area contributed by atoms with E-state index in [9.17, 15) is 25.9 Å². The lowest BCUT2D eigenvalue weighted by molar-refractivity contribution is -0.438. The molecule has 0 radical (unpaired) electrons. The van der Waals surface area contributed by atoms with Gasteiger partial charge in [0.05, 0.1) is 34.7 Å². The Balaban J connectivity index is 1.47. The molecule has 3 aliphatic rings. The molecule has 2 heterocycles. The Morgan fingerprint density at radius 1 is 0.809 bits per heavy atom. The molecule has 1 aliphatic carbocycles. The second-order valence-electron chi connectivity index (χ2n) is 18.1. The summed E-state index contributed by atoms with van der Waals surface area (Å²) in [7, 11) is -8.57. The molecule has 0 fully saturated rings. The lowest BCUT2D eigenvalue weighted by Crippen LogP contribution is -2.28. The molecule has 0 saturated carbocycles. The van der Waals surface area contributed by atoms with E-state index in [4.69, 9.17) is 19.6 Å². The predicted molar refractivity (Wildman–Crippen MR) is 266 cm³/mol. The van der Waals surface area contributed by atoms with Crippen LogP contribution in [-0.2, 0) is 49.8 Å². The third kappa shape index (κ3) is 13.3. The van der Waals surface area contributed by atoms with Crippen molar-refractivity contribution >= 4 is 67.0 Å². The lowest BCUT2D eigenvalue weighted by Gasteiger charge is -2.28. The van der Waals surface area contributed by atoms with E-state index in [1.54, 1.807) is 12.1 Å². The van der Waals surface area contributed by atoms with Crippen LogP contribution in [0.4, 0.5) is 11.4 Å². The normalized spacial score (nSPS) is 18.1. The Morgan fingerprint density at radius 2 is 1.60 bits per heavy atom. The molecule has 0 spiro atoms. The van der Waals surface area contributed by atoms with Gasteiger partial charge < -0.3 is 9.64 Å². The number of anilines is 1. The maximum atomic E-state index is 12.3. The zero-order chi connectivity index (χ0) is 49.1. The van der Waals surface area contributed by atoms with Crippen molar-refractivity contribution in [1.82, 2.24) is 0 Å². The standard InChI is InChI=1S/C49H62N2O13S4/c1-6-7-10-29-60-38-18-14-17-37(32-38)47-35(19-25-45-48(2,3)41-33-39(66-64-62-53)21-23-43(41)51(45)28-9-12-31-67(54,55)56)15-13-16-36(47)20-26-46-49(4,5)42-34-40(68(57,58)59)22-24-44(42)50(46)27-8-11-30-65-63-61-52/h14,17-26,32-34H,6-13,15-16,27-31H2,1-5H3,(H3-,52,53,54,55,56,57,58,59)/p+1. The topological polar surface area (TPSA) is 202 Å². The third-order valence-corrected chi connectivity index (χ3v) is 15.6. The second-order valence-corrected chi connectivity index (χ2v) is 22.6. The first-order valence-corrected chi connectivity index (χ1v) is 27.6. The molecule has 68 heavy (non-hydrogen) atoms. The van der Waals surface area contributed by atoms with Crippen LogP contribution >= 0.6 is 24.1 Å². The van der Waals surface area contributed by atoms with Gasteiger partial charge in [0.25, 0.3) is 20.2 Å². The summed E-state index contributed by atoms with van der Waals surface area (Å²) in [6, 6.07) is 18.8. The summed E-state index contributed by atoms with van der Waals surface area (Å²) in [4.78, 5) is 2.76. The minimum atomic E-state index is -4.46. The van der Waals surface area contributed by atoms with Crippen LogP contribution in [0.1, 0.15) is 116 Å². The van der Waals surface area contributed by atoms with Gasteiger partial charge in [0.15, 0.2) is 5.71 Å². The quantitative estimate of drug-likeness (QED) is 0.0156. The van der Waals surface area contributed by atoms with Crippen LogP contribution in [0.25, 0.3) is 5.57 Å². The van der Waals surface area contributed by atoms with E-state index in [-0.39, 0.29) is 17.1 Å². The van der Waals surface area contributed by atoms with Gasteiger partial charge in [-0.1, -0.05) is 68.0 Å². The SMILES string of the molecule is CCCCCOc1cccc(C2=C(/C=C/C3=[N+](CCCCS(=O)(=O)O)c4ccc(SOOO)cc4C3(C)C)CCC/C2=C\C=C2\N(CCCCSOOO)c3ccc(S(=O)(=O)O)cc3C2(C)C)c1. The number of hydrogen-bond acceptors (Lipinski definition) is 14. The van der Waals surface area contributed by atoms with Crippen molar-refractivity contribution in [2.75, 3.05) is 36.1 Å². The molecule has 4 N–H and O–H groups in total. The average molecular weight is 1020 g/mol. The zero-order valence-electron chi connectivity index (χ0n) is 39.2. The minimum Gasteiger partial charge on any atom is -0.494 e. The highest BCUT2D eigenvalue weighted by Gasteiger charge is 2.45. The van der Waals surface area contributed by atoms with Crippen LogP contribution in [0.15, 0.2) is 112 Å². The maximum absolute atomic E-state index is 12.3. The number of hydrogen-bond donors (Lipinski definition) is 4. The molecule has 15 nitrogen and oxygen atoms in total. The Bertz CT molecular complexity index is 2660. The van der Waals surface area contributed by atoms with Crippen molar-refractivity contribution in [1.29, 1.82) is 0 Å². The summed E-state index contributed by atoms with van der Waals surface area (Å²) in [5.74, 6) is 1.02. The van der Waals surface area contributed by atoms with Crippen LogP contribution in [0.3, 0.4) is 0 Å². The maximum Gasteiger partial charge on any atom is 0.294 e. The molecule has 0 atom stereocenters. The highest BCUT2D eigenvalue weighted by molar-refractivity contribution is 7.94. The molecule has 0 aromatic heterocycles. The minimum absolute atomic E-state index is 0.167. The van der Waals surface area contributed by atoms with Gasteiger partial charge in [0, 0.05) is 70.2 Å². The third-order valence-electron chi connectivity index (χ3n) is 12.7. The Labute approximate surface area is 409 Å². The fourth-order valence-electron chi connectivity index (χ4n) is 9.37. The molecule has 0 bridgehead atoms. The van der Waals surface area contributed by atoms with Crippen molar-refractivity contribution in [2.45, 2.75) is 119 Å². The monoisotopic (exact) mass is 1020 g/mol. The van der Waals surface area contributed by atoms with Gasteiger partial charge in [-0.25, -0.2) is 10.5 Å². The lowest BCUT2D eigenvalue weighted by atomic mass is 9.79. The second kappa shape index (κ2) is 23.9. The largest absolute Gasteiger partial charge is 0.494 e. The molecule has 370 valence electrons. The average Bonchev–Trinajstić information content (AvgIpc) is 3.64. The van der Waals surface area contributed by atoms with E-state index in [0.717, 1.165) is 137 Å². The van der Waals surface area contributed by atoms with Gasteiger partial charge in [-0.05, 0) is 135 Å². The van der Waals surface area contributed by atoms with Gasteiger partial charge >= 0.3 is 0 Å². The highest BCUT2D eigenvalue weighted by Crippen LogP contribution is 2.49. The van der Waals surface area contributed by atoms with E-state index >= 15 is 0 Å². The van der Waals surface area contributed by atoms with Gasteiger partial charge in [-0.2, -0.15) is 21.4 Å². The number of unbranched alkanes of at least 4 members (excludes halogenated alkanes) is 4. The summed E-state index contributed by atoms with van der Waals surface area (Å²) >= 11 is 1.88. The smallest absolute Gasteiger partial charge is 0.294 e. The Kier molecular flexibility index (Phi) is 18.8. The van der Waals surface area contributed by atoms with E-state index < -0.39 is 31.1 Å². The van der Waals surface area contributed by atoms with Gasteiger partial charge in [-0.3, -0.25) is 9.11 Å². The van der Waals surface area contributed by atoms with Gasteiger partial charge in [-0.15, -0.1) is 8.67 Å². The van der Waals surface area contributed by atoms with Crippen LogP contribution < -0.4 is 9.64 Å². The summed E-state index contributed by atoms with van der Waals surface area (Å²) in [5, 5.41) is 25.0. The van der Waals surface area contributed by atoms with Crippen molar-refractivity contribution < 1.29 is 64.5 Å². The molecule has 0 saturated heterocycles. The van der Waals surface area contributed by atoms with Crippen molar-refractivity contribution in [2.24, 2.45) is 0 Å². The number of benzene rings is 3. The number of fused-ring (bicyclic) bond motifs is 2. The van der Waals surface area contributed by atoms with Crippen LogP contribution in [0.2, 0.25) is 0 Å². The Morgan fingerprint density at radius 3 is 2.34 bits per heavy atom. The van der Waals surface area contributed by atoms with E-state index in [1.807, 2.05) is 30.3 Å². The zero-order valence-corrected chi connectivity index (χ0v) is 42.4. The number of allylic oxidation sites excluding steroid dienone is 8. The van der Waals surface area contributed by atoms with Crippen LogP contribution in [0, 0.1) is 0 Å². The summed E-state index contributed by atoms with van der Waals surface area (Å²) in [5.41, 5.74) is 8.70. The molecule has 2 aliphatic heterocycles. The summed E-state index contributed by atoms with van der Waals surface area (Å²) in [6.45, 7) is 12.3. The van der Waals surface area contributed by atoms with Crippen LogP contribution in [-0.4, -0.2) is 77.9 Å². The molecule has 3 aromatic rings. The first-order valence-electron chi connectivity index (χ1n) is 22.9.